The van der Waals surface area contributed by atoms with Gasteiger partial charge in [-0.15, -0.1) is 0 Å². The molecule has 1 saturated heterocycles. The minimum Gasteiger partial charge on any atom is -0.342 e. The van der Waals surface area contributed by atoms with Crippen LogP contribution in [0.15, 0.2) is 77.1 Å². The minimum atomic E-state index is 0.172. The van der Waals surface area contributed by atoms with Gasteiger partial charge in [-0.3, -0.25) is 0 Å². The van der Waals surface area contributed by atoms with Gasteiger partial charge >= 0.3 is 0 Å². The summed E-state index contributed by atoms with van der Waals surface area (Å²) in [7, 11) is 1.99. The van der Waals surface area contributed by atoms with Crippen molar-refractivity contribution in [3.63, 3.8) is 0 Å². The Hall–Kier alpha value is -3.85. The van der Waals surface area contributed by atoms with Gasteiger partial charge in [0, 0.05) is 50.2 Å². The minimum absolute atomic E-state index is 0.172. The normalized spacial score (nSPS) is 19.3. The number of hydrogen-bond acceptors (Lipinski definition) is 9. The molecule has 1 unspecified atom stereocenters. The molecule has 2 aromatic heterocycles. The van der Waals surface area contributed by atoms with Crippen molar-refractivity contribution in [3.8, 4) is 11.4 Å². The molecule has 9 heteroatoms. The predicted octanol–water partition coefficient (Wildman–Crippen LogP) is 2.33. The summed E-state index contributed by atoms with van der Waals surface area (Å²) >= 11 is 0. The number of nitrogens with zero attached hydrogens (tertiary/aromatic N) is 7. The van der Waals surface area contributed by atoms with Gasteiger partial charge in [0.25, 0.3) is 0 Å². The topological polar surface area (TPSA) is 95.6 Å². The molecular formula is C22H22N8O. The number of hydrogen-bond donors (Lipinski definition) is 1. The molecule has 5 rings (SSSR count). The highest BCUT2D eigenvalue weighted by Crippen LogP contribution is 2.26. The zero-order valence-corrected chi connectivity index (χ0v) is 17.1. The number of aliphatic imine (C=N–C) groups is 1. The summed E-state index contributed by atoms with van der Waals surface area (Å²) in [4.78, 5) is 21.7. The second-order valence-corrected chi connectivity index (χ2v) is 7.42. The monoisotopic (exact) mass is 414 g/mol. The number of benzene rings is 1. The molecule has 2 aliphatic heterocycles. The molecule has 2 aliphatic rings. The Kier molecular flexibility index (Phi) is 5.01. The third-order valence-electron chi connectivity index (χ3n) is 5.49. The van der Waals surface area contributed by atoms with Gasteiger partial charge in [-0.1, -0.05) is 36.0 Å². The number of guanidine groups is 1. The molecule has 156 valence electrons. The van der Waals surface area contributed by atoms with E-state index < -0.39 is 0 Å². The van der Waals surface area contributed by atoms with Crippen molar-refractivity contribution in [2.45, 2.75) is 6.04 Å². The van der Waals surface area contributed by atoms with Crippen LogP contribution in [0.1, 0.15) is 17.3 Å². The van der Waals surface area contributed by atoms with Crippen LogP contribution in [0.25, 0.3) is 17.1 Å². The van der Waals surface area contributed by atoms with E-state index in [1.54, 1.807) is 6.20 Å². The molecule has 0 saturated carbocycles. The summed E-state index contributed by atoms with van der Waals surface area (Å²) in [6, 6.07) is 10.3. The highest BCUT2D eigenvalue weighted by atomic mass is 16.5. The standard InChI is InChI=1S/C22H22N8O/c1-15-11-19(18-7-8-23-13-25-18)27-22(29(15)2)30-10-9-24-20(12-30)16-3-5-17(6-4-16)21-26-14-31-28-21/h3-8,11,13-14,20,24H,1,9-10,12H2,2H3. The van der Waals surface area contributed by atoms with Gasteiger partial charge in [-0.05, 0) is 17.7 Å². The summed E-state index contributed by atoms with van der Waals surface area (Å²) in [5, 5.41) is 7.50. The Morgan fingerprint density at radius 1 is 1.16 bits per heavy atom. The lowest BCUT2D eigenvalue weighted by Gasteiger charge is -2.40. The van der Waals surface area contributed by atoms with Crippen molar-refractivity contribution in [1.82, 2.24) is 35.2 Å². The Labute approximate surface area is 179 Å². The zero-order chi connectivity index (χ0) is 21.2. The van der Waals surface area contributed by atoms with Gasteiger partial charge in [0.15, 0.2) is 0 Å². The zero-order valence-electron chi connectivity index (χ0n) is 17.1. The van der Waals surface area contributed by atoms with Gasteiger partial charge in [-0.25, -0.2) is 15.0 Å². The molecule has 0 aliphatic carbocycles. The van der Waals surface area contributed by atoms with Gasteiger partial charge in [0.1, 0.15) is 6.33 Å². The summed E-state index contributed by atoms with van der Waals surface area (Å²) in [5.74, 6) is 1.46. The highest BCUT2D eigenvalue weighted by Gasteiger charge is 2.28. The maximum atomic E-state index is 4.91. The third-order valence-corrected chi connectivity index (χ3v) is 5.49. The molecule has 0 bridgehead atoms. The van der Waals surface area contributed by atoms with E-state index in [0.717, 1.165) is 48.2 Å². The summed E-state index contributed by atoms with van der Waals surface area (Å²) in [6.45, 7) is 6.68. The molecular weight excluding hydrogens is 392 g/mol. The fourth-order valence-corrected chi connectivity index (χ4v) is 3.77. The molecule has 3 aromatic rings. The third kappa shape index (κ3) is 3.82. The summed E-state index contributed by atoms with van der Waals surface area (Å²) < 4.78 is 4.84. The van der Waals surface area contributed by atoms with E-state index in [9.17, 15) is 0 Å². The number of nitrogens with one attached hydrogen (secondary N) is 1. The van der Waals surface area contributed by atoms with E-state index in [-0.39, 0.29) is 6.04 Å². The first-order chi connectivity index (χ1) is 15.2. The van der Waals surface area contributed by atoms with Crippen LogP contribution in [0.3, 0.4) is 0 Å². The second-order valence-electron chi connectivity index (χ2n) is 7.42. The average Bonchev–Trinajstić information content (AvgIpc) is 3.37. The van der Waals surface area contributed by atoms with Gasteiger partial charge < -0.3 is 19.6 Å². The number of allylic oxidation sites excluding steroid dienone is 1. The van der Waals surface area contributed by atoms with E-state index in [1.807, 2.05) is 36.2 Å². The summed E-state index contributed by atoms with van der Waals surface area (Å²) in [5.41, 5.74) is 4.57. The molecule has 1 fully saturated rings. The van der Waals surface area contributed by atoms with Crippen LogP contribution in [-0.2, 0) is 0 Å². The molecule has 0 amide bonds. The van der Waals surface area contributed by atoms with Crippen molar-refractivity contribution in [2.24, 2.45) is 4.99 Å². The molecule has 31 heavy (non-hydrogen) atoms. The first-order valence-electron chi connectivity index (χ1n) is 10.0. The van der Waals surface area contributed by atoms with Crippen LogP contribution in [0, 0.1) is 0 Å². The van der Waals surface area contributed by atoms with Crippen molar-refractivity contribution in [2.75, 3.05) is 26.7 Å². The number of piperazine rings is 1. The fraction of sp³-hybridized carbons (Fsp3) is 0.227. The predicted molar refractivity (Wildman–Crippen MR) is 116 cm³/mol. The maximum Gasteiger partial charge on any atom is 0.214 e. The van der Waals surface area contributed by atoms with Crippen LogP contribution < -0.4 is 5.32 Å². The van der Waals surface area contributed by atoms with Crippen LogP contribution in [0.5, 0.6) is 0 Å². The van der Waals surface area contributed by atoms with Crippen molar-refractivity contribution in [3.05, 3.63) is 78.9 Å². The van der Waals surface area contributed by atoms with E-state index in [1.165, 1.54) is 18.3 Å². The lowest BCUT2D eigenvalue weighted by atomic mass is 10.0. The van der Waals surface area contributed by atoms with Crippen LogP contribution >= 0.6 is 0 Å². The Bertz CT molecular complexity index is 1120. The Morgan fingerprint density at radius 3 is 2.77 bits per heavy atom. The second kappa shape index (κ2) is 8.11. The fourth-order valence-electron chi connectivity index (χ4n) is 3.77. The Balaban J connectivity index is 1.37. The molecule has 1 aromatic carbocycles. The van der Waals surface area contributed by atoms with Crippen molar-refractivity contribution in [1.29, 1.82) is 0 Å². The molecule has 0 radical (unpaired) electrons. The largest absolute Gasteiger partial charge is 0.342 e. The number of likely N-dealkylation sites (N-methyl/N-ethyl adjacent to an activating group) is 1. The lowest BCUT2D eigenvalue weighted by Crippen LogP contribution is -2.52. The van der Waals surface area contributed by atoms with Crippen LogP contribution in [-0.4, -0.2) is 62.5 Å². The average molecular weight is 414 g/mol. The molecule has 9 nitrogen and oxygen atoms in total. The quantitative estimate of drug-likeness (QED) is 0.698. The van der Waals surface area contributed by atoms with Crippen molar-refractivity contribution < 1.29 is 4.52 Å². The van der Waals surface area contributed by atoms with Gasteiger partial charge in [0.05, 0.1) is 11.4 Å². The lowest BCUT2D eigenvalue weighted by molar-refractivity contribution is 0.272. The van der Waals surface area contributed by atoms with Gasteiger partial charge in [-0.2, -0.15) is 4.98 Å². The van der Waals surface area contributed by atoms with Crippen LogP contribution in [0.2, 0.25) is 0 Å². The molecule has 0 spiro atoms. The molecule has 4 heterocycles. The summed E-state index contributed by atoms with van der Waals surface area (Å²) in [6.07, 6.45) is 6.54. The first kappa shape index (κ1) is 19.1. The SMILES string of the molecule is C=C1C=C(c2ccncn2)N=C(N2CCNC(c3ccc(-c4ncon4)cc3)C2)N1C. The number of aromatic nitrogens is 4. The van der Waals surface area contributed by atoms with E-state index in [0.29, 0.717) is 5.82 Å². The highest BCUT2D eigenvalue weighted by molar-refractivity contribution is 5.90. The maximum absolute atomic E-state index is 4.91. The van der Waals surface area contributed by atoms with E-state index >= 15 is 0 Å². The smallest absolute Gasteiger partial charge is 0.214 e. The molecule has 1 atom stereocenters. The van der Waals surface area contributed by atoms with Gasteiger partial charge in [0.2, 0.25) is 18.2 Å². The Morgan fingerprint density at radius 2 is 2.03 bits per heavy atom. The number of rotatable bonds is 3. The van der Waals surface area contributed by atoms with E-state index in [4.69, 9.17) is 9.52 Å². The first-order valence-corrected chi connectivity index (χ1v) is 10.0. The van der Waals surface area contributed by atoms with Crippen LogP contribution in [0.4, 0.5) is 0 Å². The van der Waals surface area contributed by atoms with Crippen molar-refractivity contribution >= 4 is 11.7 Å². The molecule has 1 N–H and O–H groups in total. The van der Waals surface area contributed by atoms with E-state index in [2.05, 4.69) is 49.0 Å².